The molecule has 3 rings (SSSR count). The minimum Gasteiger partial charge on any atom is -0.383 e. The normalized spacial score (nSPS) is 19.1. The number of carbonyl (C=O) groups is 1. The van der Waals surface area contributed by atoms with E-state index >= 15 is 0 Å². The van der Waals surface area contributed by atoms with Crippen LogP contribution >= 0.6 is 0 Å². The van der Waals surface area contributed by atoms with Crippen LogP contribution in [0.5, 0.6) is 0 Å². The number of fused-ring (bicyclic) bond motifs is 2. The summed E-state index contributed by atoms with van der Waals surface area (Å²) >= 11 is 0. The van der Waals surface area contributed by atoms with Gasteiger partial charge in [-0.25, -0.2) is 9.78 Å². The number of aryl methyl sites for hydroxylation is 1. The summed E-state index contributed by atoms with van der Waals surface area (Å²) in [6.07, 6.45) is 2.75. The number of urea groups is 1. The molecule has 2 bridgehead atoms. The quantitative estimate of drug-likeness (QED) is 0.585. The molecule has 1 aromatic heterocycles. The first-order valence-electron chi connectivity index (χ1n) is 9.99. The van der Waals surface area contributed by atoms with Gasteiger partial charge < -0.3 is 20.8 Å². The van der Waals surface area contributed by atoms with Crippen molar-refractivity contribution in [2.45, 2.75) is 45.3 Å². The lowest BCUT2D eigenvalue weighted by molar-refractivity contribution is -0.0434. The largest absolute Gasteiger partial charge is 0.383 e. The zero-order valence-corrected chi connectivity index (χ0v) is 17.2. The van der Waals surface area contributed by atoms with Gasteiger partial charge in [0.15, 0.2) is 0 Å². The number of amides is 2. The molecule has 7 nitrogen and oxygen atoms in total. The van der Waals surface area contributed by atoms with Gasteiger partial charge in [-0.2, -0.15) is 0 Å². The molecule has 0 spiro atoms. The smallest absolute Gasteiger partial charge is 0.320 e. The molecule has 0 aliphatic carbocycles. The van der Waals surface area contributed by atoms with E-state index in [0.717, 1.165) is 29.9 Å². The van der Waals surface area contributed by atoms with Crippen molar-refractivity contribution in [3.63, 3.8) is 0 Å². The van der Waals surface area contributed by atoms with Crippen LogP contribution in [0.4, 0.5) is 16.3 Å². The Labute approximate surface area is 171 Å². The molecule has 0 saturated carbocycles. The zero-order chi connectivity index (χ0) is 20.9. The van der Waals surface area contributed by atoms with E-state index in [4.69, 9.17) is 10.1 Å². The molecule has 1 aliphatic rings. The predicted molar refractivity (Wildman–Crippen MR) is 116 cm³/mol. The van der Waals surface area contributed by atoms with Gasteiger partial charge in [-0.05, 0) is 45.2 Å². The van der Waals surface area contributed by atoms with Crippen molar-refractivity contribution < 1.29 is 9.53 Å². The van der Waals surface area contributed by atoms with Crippen molar-refractivity contribution in [2.24, 2.45) is 0 Å². The summed E-state index contributed by atoms with van der Waals surface area (Å²) in [5, 5.41) is 16.9. The van der Waals surface area contributed by atoms with E-state index < -0.39 is 5.60 Å². The fourth-order valence-electron chi connectivity index (χ4n) is 3.60. The fraction of sp³-hybridized carbons (Fsp3) is 0.409. The molecule has 1 aliphatic heterocycles. The lowest BCUT2D eigenvalue weighted by Crippen LogP contribution is -2.46. The number of nitrogens with zero attached hydrogens (tertiary/aromatic N) is 1. The van der Waals surface area contributed by atoms with Gasteiger partial charge in [0.05, 0.1) is 23.0 Å². The first-order chi connectivity index (χ1) is 13.9. The Hall–Kier alpha value is -2.93. The van der Waals surface area contributed by atoms with Crippen LogP contribution in [0, 0.1) is 5.41 Å². The third kappa shape index (κ3) is 4.92. The Bertz CT molecular complexity index is 867. The molecular formula is C22H29N5O2. The fourth-order valence-corrected chi connectivity index (χ4v) is 3.60. The molecule has 4 N–H and O–H groups in total. The monoisotopic (exact) mass is 395 g/mol. The number of rotatable bonds is 4. The standard InChI is InChI=1S/C22H29N5O2/c1-4-24-19-16(14-23)13-18-25-17(19)11-8-12-29-22(2,3)20(27-21(28)26-18)15-9-6-5-7-10-15/h5-7,9-10,13-14,20,23-24H,4,8,11-12H2,1-3H3,(H2,25,26,27,28)/t20-/m1/s1. The summed E-state index contributed by atoms with van der Waals surface area (Å²) in [6, 6.07) is 10.8. The number of pyridine rings is 1. The SMILES string of the molecule is CCNc1c(C=N)cc2nc1CCCOC(C)(C)[C@@H](c1ccccc1)NC(=O)N2. The Balaban J connectivity index is 1.97. The number of carbonyl (C=O) groups excluding carboxylic acids is 1. The molecule has 29 heavy (non-hydrogen) atoms. The Morgan fingerprint density at radius 3 is 2.79 bits per heavy atom. The van der Waals surface area contributed by atoms with E-state index in [1.807, 2.05) is 51.1 Å². The van der Waals surface area contributed by atoms with Crippen LogP contribution < -0.4 is 16.0 Å². The maximum atomic E-state index is 12.8. The second-order valence-electron chi connectivity index (χ2n) is 7.59. The van der Waals surface area contributed by atoms with E-state index in [2.05, 4.69) is 20.9 Å². The van der Waals surface area contributed by atoms with Crippen molar-refractivity contribution >= 4 is 23.8 Å². The van der Waals surface area contributed by atoms with Crippen molar-refractivity contribution in [1.82, 2.24) is 10.3 Å². The van der Waals surface area contributed by atoms with Crippen molar-refractivity contribution in [3.05, 3.63) is 53.2 Å². The lowest BCUT2D eigenvalue weighted by Gasteiger charge is -2.35. The Kier molecular flexibility index (Phi) is 6.49. The van der Waals surface area contributed by atoms with Gasteiger partial charge in [-0.15, -0.1) is 0 Å². The first kappa shape index (κ1) is 20.8. The van der Waals surface area contributed by atoms with Crippen molar-refractivity contribution in [3.8, 4) is 0 Å². The zero-order valence-electron chi connectivity index (χ0n) is 17.2. The molecule has 0 unspecified atom stereocenters. The van der Waals surface area contributed by atoms with Crippen LogP contribution in [0.15, 0.2) is 36.4 Å². The minimum absolute atomic E-state index is 0.328. The first-order valence-corrected chi connectivity index (χ1v) is 9.99. The van der Waals surface area contributed by atoms with Gasteiger partial charge in [-0.1, -0.05) is 30.3 Å². The number of aromatic nitrogens is 1. The summed E-state index contributed by atoms with van der Waals surface area (Å²) < 4.78 is 6.21. The van der Waals surface area contributed by atoms with Crippen LogP contribution in [0.3, 0.4) is 0 Å². The number of hydrogen-bond acceptors (Lipinski definition) is 5. The molecular weight excluding hydrogens is 366 g/mol. The van der Waals surface area contributed by atoms with E-state index in [-0.39, 0.29) is 12.1 Å². The van der Waals surface area contributed by atoms with E-state index in [1.165, 1.54) is 6.21 Å². The van der Waals surface area contributed by atoms with Crippen molar-refractivity contribution in [1.29, 1.82) is 5.41 Å². The highest BCUT2D eigenvalue weighted by molar-refractivity contribution is 5.92. The van der Waals surface area contributed by atoms with E-state index in [0.29, 0.717) is 24.4 Å². The highest BCUT2D eigenvalue weighted by Gasteiger charge is 2.33. The molecule has 0 saturated heterocycles. The van der Waals surface area contributed by atoms with E-state index in [9.17, 15) is 4.79 Å². The second kappa shape index (κ2) is 9.05. The maximum absolute atomic E-state index is 12.8. The van der Waals surface area contributed by atoms with Gasteiger partial charge in [-0.3, -0.25) is 5.32 Å². The number of hydrogen-bond donors (Lipinski definition) is 4. The van der Waals surface area contributed by atoms with E-state index in [1.54, 1.807) is 6.07 Å². The second-order valence-corrected chi connectivity index (χ2v) is 7.59. The average molecular weight is 396 g/mol. The summed E-state index contributed by atoms with van der Waals surface area (Å²) in [4.78, 5) is 17.4. The molecule has 2 aromatic rings. The Morgan fingerprint density at radius 1 is 1.34 bits per heavy atom. The third-order valence-electron chi connectivity index (χ3n) is 5.01. The van der Waals surface area contributed by atoms with Gasteiger partial charge in [0.25, 0.3) is 0 Å². The van der Waals surface area contributed by atoms with Gasteiger partial charge in [0.1, 0.15) is 5.82 Å². The molecule has 7 heteroatoms. The van der Waals surface area contributed by atoms with Crippen molar-refractivity contribution in [2.75, 3.05) is 23.8 Å². The highest BCUT2D eigenvalue weighted by atomic mass is 16.5. The van der Waals surface area contributed by atoms with Gasteiger partial charge in [0.2, 0.25) is 0 Å². The maximum Gasteiger partial charge on any atom is 0.320 e. The number of anilines is 2. The highest BCUT2D eigenvalue weighted by Crippen LogP contribution is 2.30. The number of nitrogens with one attached hydrogen (secondary N) is 4. The summed E-state index contributed by atoms with van der Waals surface area (Å²) in [7, 11) is 0. The molecule has 2 heterocycles. The topological polar surface area (TPSA) is 99.1 Å². The number of ether oxygens (including phenoxy) is 1. The molecule has 1 aromatic carbocycles. The van der Waals surface area contributed by atoms with Crippen LogP contribution in [0.25, 0.3) is 0 Å². The molecule has 2 amide bonds. The summed E-state index contributed by atoms with van der Waals surface area (Å²) in [5.74, 6) is 0.434. The number of benzene rings is 1. The summed E-state index contributed by atoms with van der Waals surface area (Å²) in [6.45, 7) is 7.25. The van der Waals surface area contributed by atoms with Gasteiger partial charge >= 0.3 is 6.03 Å². The Morgan fingerprint density at radius 2 is 2.10 bits per heavy atom. The summed E-state index contributed by atoms with van der Waals surface area (Å²) in [5.41, 5.74) is 2.74. The molecule has 1 atom stereocenters. The molecule has 0 fully saturated rings. The molecule has 154 valence electrons. The minimum atomic E-state index is -0.594. The van der Waals surface area contributed by atoms with Crippen LogP contribution in [-0.2, 0) is 11.2 Å². The van der Waals surface area contributed by atoms with Crippen LogP contribution in [0.1, 0.15) is 50.1 Å². The lowest BCUT2D eigenvalue weighted by atomic mass is 9.91. The van der Waals surface area contributed by atoms with Gasteiger partial charge in [0, 0.05) is 24.9 Å². The van der Waals surface area contributed by atoms with Crippen LogP contribution in [-0.4, -0.2) is 36.0 Å². The molecule has 0 radical (unpaired) electrons. The predicted octanol–water partition coefficient (Wildman–Crippen LogP) is 4.12. The third-order valence-corrected chi connectivity index (χ3v) is 5.01. The average Bonchev–Trinajstić information content (AvgIpc) is 2.70. The van der Waals surface area contributed by atoms with Crippen LogP contribution in [0.2, 0.25) is 0 Å².